The summed E-state index contributed by atoms with van der Waals surface area (Å²) >= 11 is 0. The van der Waals surface area contributed by atoms with E-state index < -0.39 is 35.5 Å². The molecule has 0 spiro atoms. The summed E-state index contributed by atoms with van der Waals surface area (Å²) in [5.74, 6) is -1.15. The van der Waals surface area contributed by atoms with E-state index in [9.17, 15) is 18.7 Å². The van der Waals surface area contributed by atoms with Crippen LogP contribution in [0.15, 0.2) is 36.7 Å². The molecule has 1 amide bonds. The van der Waals surface area contributed by atoms with Crippen LogP contribution < -0.4 is 10.2 Å². The average molecular weight is 450 g/mol. The number of amides is 1. The molecule has 2 N–H and O–H groups in total. The molecule has 6 nitrogen and oxygen atoms in total. The molecule has 0 aliphatic heterocycles. The van der Waals surface area contributed by atoms with Gasteiger partial charge in [0.05, 0.1) is 24.0 Å². The van der Waals surface area contributed by atoms with Gasteiger partial charge in [-0.25, -0.2) is 13.6 Å². The number of benzene rings is 1. The summed E-state index contributed by atoms with van der Waals surface area (Å²) in [4.78, 5) is 18.4. The lowest BCUT2D eigenvalue weighted by atomic mass is 10.00. The van der Waals surface area contributed by atoms with Gasteiger partial charge in [0.1, 0.15) is 17.2 Å². The van der Waals surface area contributed by atoms with Crippen LogP contribution in [0.4, 0.5) is 19.3 Å². The Morgan fingerprint density at radius 2 is 1.78 bits per heavy atom. The number of hydrogen-bond acceptors (Lipinski definition) is 5. The number of nitrogens with one attached hydrogen (secondary N) is 1. The lowest BCUT2D eigenvalue weighted by Crippen LogP contribution is -2.50. The Kier molecular flexibility index (Phi) is 8.55. The Labute approximate surface area is 188 Å². The summed E-state index contributed by atoms with van der Waals surface area (Å²) < 4.78 is 32.6. The quantitative estimate of drug-likeness (QED) is 0.624. The van der Waals surface area contributed by atoms with E-state index in [1.807, 2.05) is 11.0 Å². The van der Waals surface area contributed by atoms with Gasteiger partial charge in [0, 0.05) is 25.9 Å². The van der Waals surface area contributed by atoms with Crippen molar-refractivity contribution in [2.75, 3.05) is 18.5 Å². The predicted molar refractivity (Wildman–Crippen MR) is 121 cm³/mol. The highest BCUT2D eigenvalue weighted by molar-refractivity contribution is 5.68. The third kappa shape index (κ3) is 8.07. The average Bonchev–Trinajstić information content (AvgIpc) is 2.65. The summed E-state index contributed by atoms with van der Waals surface area (Å²) in [6.45, 7) is 9.46. The maximum absolute atomic E-state index is 13.7. The Hall–Kier alpha value is -2.74. The number of nitrogens with zero attached hydrogens (tertiary/aromatic N) is 2. The molecule has 0 aliphatic rings. The van der Waals surface area contributed by atoms with E-state index in [0.717, 1.165) is 17.3 Å². The molecule has 176 valence electrons. The van der Waals surface area contributed by atoms with Gasteiger partial charge >= 0.3 is 6.09 Å². The number of anilines is 1. The smallest absolute Gasteiger partial charge is 0.407 e. The van der Waals surface area contributed by atoms with Crippen LogP contribution in [0.1, 0.15) is 51.7 Å². The standard InChI is InChI=1S/C24H33F2N3O3/c1-15(2)17-10-20(13-27-12-17)29(6)14-22(30)21(28-23(31)32-24(3,4)5)9-16-7-18(25)11-19(26)8-16/h7-8,10-13,15,21-22,30H,9,14H2,1-6H3,(H,28,31)/t21-,22+/m0/s1. The van der Waals surface area contributed by atoms with Crippen molar-refractivity contribution in [3.8, 4) is 0 Å². The number of aliphatic hydroxyl groups excluding tert-OH is 1. The fourth-order valence-electron chi connectivity index (χ4n) is 3.21. The molecular formula is C24H33F2N3O3. The fourth-order valence-corrected chi connectivity index (χ4v) is 3.21. The predicted octanol–water partition coefficient (Wildman–Crippen LogP) is 4.42. The van der Waals surface area contributed by atoms with Crippen LogP contribution in [0, 0.1) is 11.6 Å². The largest absolute Gasteiger partial charge is 0.444 e. The second-order valence-electron chi connectivity index (χ2n) is 9.31. The van der Waals surface area contributed by atoms with Crippen molar-refractivity contribution in [2.45, 2.75) is 64.7 Å². The van der Waals surface area contributed by atoms with Gasteiger partial charge < -0.3 is 20.1 Å². The first-order valence-corrected chi connectivity index (χ1v) is 10.6. The molecule has 8 heteroatoms. The normalized spacial score (nSPS) is 13.6. The summed E-state index contributed by atoms with van der Waals surface area (Å²) in [6, 6.07) is 4.29. The Balaban J connectivity index is 2.20. The van der Waals surface area contributed by atoms with Gasteiger partial charge in [-0.1, -0.05) is 13.8 Å². The molecule has 2 aromatic rings. The van der Waals surface area contributed by atoms with Crippen molar-refractivity contribution < 1.29 is 23.4 Å². The van der Waals surface area contributed by atoms with Crippen LogP contribution in [0.25, 0.3) is 0 Å². The molecule has 0 bridgehead atoms. The van der Waals surface area contributed by atoms with Crippen LogP contribution in [0.2, 0.25) is 0 Å². The summed E-state index contributed by atoms with van der Waals surface area (Å²) in [5.41, 5.74) is 1.45. The Morgan fingerprint density at radius 1 is 1.16 bits per heavy atom. The molecule has 1 aromatic heterocycles. The number of pyridine rings is 1. The van der Waals surface area contributed by atoms with Gasteiger partial charge in [-0.2, -0.15) is 0 Å². The van der Waals surface area contributed by atoms with Crippen LogP contribution in [0.5, 0.6) is 0 Å². The molecule has 2 atom stereocenters. The monoisotopic (exact) mass is 449 g/mol. The molecule has 0 unspecified atom stereocenters. The number of aromatic nitrogens is 1. The number of aliphatic hydroxyl groups is 1. The SMILES string of the molecule is CC(C)c1cncc(N(C)C[C@@H](O)[C@H](Cc2cc(F)cc(F)c2)NC(=O)OC(C)(C)C)c1. The van der Waals surface area contributed by atoms with Crippen molar-refractivity contribution >= 4 is 11.8 Å². The van der Waals surface area contributed by atoms with E-state index in [4.69, 9.17) is 4.74 Å². The molecule has 0 saturated heterocycles. The summed E-state index contributed by atoms with van der Waals surface area (Å²) in [5, 5.41) is 13.6. The van der Waals surface area contributed by atoms with Gasteiger partial charge in [0.2, 0.25) is 0 Å². The Morgan fingerprint density at radius 3 is 2.34 bits per heavy atom. The van der Waals surface area contributed by atoms with Gasteiger partial charge in [-0.05, 0) is 62.4 Å². The maximum Gasteiger partial charge on any atom is 0.407 e. The molecular weight excluding hydrogens is 416 g/mol. The van der Waals surface area contributed by atoms with Crippen molar-refractivity contribution in [1.29, 1.82) is 0 Å². The highest BCUT2D eigenvalue weighted by atomic mass is 19.1. The zero-order valence-corrected chi connectivity index (χ0v) is 19.5. The van der Waals surface area contributed by atoms with Gasteiger partial charge in [-0.3, -0.25) is 4.98 Å². The topological polar surface area (TPSA) is 74.7 Å². The molecule has 1 aromatic carbocycles. The van der Waals surface area contributed by atoms with E-state index in [-0.39, 0.29) is 13.0 Å². The number of hydrogen-bond donors (Lipinski definition) is 2. The minimum atomic E-state index is -1.05. The molecule has 0 radical (unpaired) electrons. The van der Waals surface area contributed by atoms with Crippen LogP contribution in [-0.2, 0) is 11.2 Å². The number of halogens is 2. The third-order valence-electron chi connectivity index (χ3n) is 4.86. The number of likely N-dealkylation sites (N-methyl/N-ethyl adjacent to an activating group) is 1. The van der Waals surface area contributed by atoms with Crippen molar-refractivity contribution in [3.63, 3.8) is 0 Å². The van der Waals surface area contributed by atoms with E-state index in [2.05, 4.69) is 24.1 Å². The van der Waals surface area contributed by atoms with E-state index >= 15 is 0 Å². The van der Waals surface area contributed by atoms with Crippen molar-refractivity contribution in [3.05, 3.63) is 59.4 Å². The second kappa shape index (κ2) is 10.7. The maximum atomic E-state index is 13.7. The van der Waals surface area contributed by atoms with E-state index in [1.54, 1.807) is 40.2 Å². The lowest BCUT2D eigenvalue weighted by Gasteiger charge is -2.30. The van der Waals surface area contributed by atoms with Crippen molar-refractivity contribution in [1.82, 2.24) is 10.3 Å². The van der Waals surface area contributed by atoms with E-state index in [1.165, 1.54) is 12.1 Å². The van der Waals surface area contributed by atoms with Gasteiger partial charge in [-0.15, -0.1) is 0 Å². The first-order chi connectivity index (χ1) is 14.8. The first kappa shape index (κ1) is 25.5. The number of alkyl carbamates (subject to hydrolysis) is 1. The highest BCUT2D eigenvalue weighted by Crippen LogP contribution is 2.20. The molecule has 1 heterocycles. The van der Waals surface area contributed by atoms with Crippen LogP contribution in [-0.4, -0.2) is 47.5 Å². The number of ether oxygens (including phenoxy) is 1. The zero-order valence-electron chi connectivity index (χ0n) is 19.5. The van der Waals surface area contributed by atoms with Crippen LogP contribution in [0.3, 0.4) is 0 Å². The molecule has 0 saturated carbocycles. The lowest BCUT2D eigenvalue weighted by molar-refractivity contribution is 0.0429. The number of rotatable bonds is 8. The summed E-state index contributed by atoms with van der Waals surface area (Å²) in [6.07, 6.45) is 1.74. The molecule has 0 fully saturated rings. The van der Waals surface area contributed by atoms with E-state index in [0.29, 0.717) is 11.5 Å². The summed E-state index contributed by atoms with van der Waals surface area (Å²) in [7, 11) is 1.80. The molecule has 0 aliphatic carbocycles. The van der Waals surface area contributed by atoms with Crippen molar-refractivity contribution in [2.24, 2.45) is 0 Å². The zero-order chi connectivity index (χ0) is 24.1. The third-order valence-corrected chi connectivity index (χ3v) is 4.86. The Bertz CT molecular complexity index is 895. The minimum Gasteiger partial charge on any atom is -0.444 e. The number of carbonyl (C=O) groups is 1. The number of carbonyl (C=O) groups excluding carboxylic acids is 1. The first-order valence-electron chi connectivity index (χ1n) is 10.6. The fraction of sp³-hybridized carbons (Fsp3) is 0.500. The second-order valence-corrected chi connectivity index (χ2v) is 9.31. The van der Waals surface area contributed by atoms with Gasteiger partial charge in [0.25, 0.3) is 0 Å². The molecule has 2 rings (SSSR count). The van der Waals surface area contributed by atoms with Crippen LogP contribution >= 0.6 is 0 Å². The molecule has 32 heavy (non-hydrogen) atoms. The highest BCUT2D eigenvalue weighted by Gasteiger charge is 2.26. The van der Waals surface area contributed by atoms with Gasteiger partial charge in [0.15, 0.2) is 0 Å². The minimum absolute atomic E-state index is 0.0210.